The number of benzene rings is 2. The highest BCUT2D eigenvalue weighted by Gasteiger charge is 2.22. The third kappa shape index (κ3) is 7.38. The second-order valence-corrected chi connectivity index (χ2v) is 17.9. The summed E-state index contributed by atoms with van der Waals surface area (Å²) < 4.78 is 5.66. The summed E-state index contributed by atoms with van der Waals surface area (Å²) in [6.45, 7) is 5.89. The molecule has 0 radical (unpaired) electrons. The van der Waals surface area contributed by atoms with E-state index in [2.05, 4.69) is 48.7 Å². The first-order valence-electron chi connectivity index (χ1n) is 20.9. The molecule has 2 aromatic carbocycles. The second-order valence-electron chi connectivity index (χ2n) is 15.6. The molecule has 6 heterocycles. The van der Waals surface area contributed by atoms with Gasteiger partial charge in [0.2, 0.25) is 11.8 Å². The van der Waals surface area contributed by atoms with E-state index in [1.807, 2.05) is 33.1 Å². The zero-order valence-electron chi connectivity index (χ0n) is 32.7. The van der Waals surface area contributed by atoms with Crippen LogP contribution in [0.3, 0.4) is 0 Å². The van der Waals surface area contributed by atoms with Gasteiger partial charge in [0.05, 0.1) is 31.5 Å². The van der Waals surface area contributed by atoms with Crippen molar-refractivity contribution in [3.63, 3.8) is 0 Å². The van der Waals surface area contributed by atoms with Crippen LogP contribution in [0.25, 0.3) is 63.8 Å². The smallest absolute Gasteiger partial charge is 0.263 e. The lowest BCUT2D eigenvalue weighted by molar-refractivity contribution is -0.121. The van der Waals surface area contributed by atoms with Crippen LogP contribution in [0.15, 0.2) is 58.1 Å². The molecule has 2 amide bonds. The minimum absolute atomic E-state index is 0.0745. The Morgan fingerprint density at radius 2 is 0.911 bits per heavy atom. The molecule has 8 rings (SSSR count). The number of nitrogens with zero attached hydrogens (tertiary/aromatic N) is 2. The highest BCUT2D eigenvalue weighted by atomic mass is 32.1. The number of hydrogen-bond donors (Lipinski definition) is 2. The summed E-state index contributed by atoms with van der Waals surface area (Å²) in [5.74, 6) is 0.149. The number of thiophene rings is 2. The summed E-state index contributed by atoms with van der Waals surface area (Å²) >= 11 is 3.28. The molecule has 56 heavy (non-hydrogen) atoms. The first-order chi connectivity index (χ1) is 27.4. The zero-order chi connectivity index (χ0) is 38.8. The molecule has 0 bridgehead atoms. The Balaban J connectivity index is 1.02. The van der Waals surface area contributed by atoms with Gasteiger partial charge in [-0.3, -0.25) is 28.0 Å². The third-order valence-electron chi connectivity index (χ3n) is 11.6. The van der Waals surface area contributed by atoms with Crippen LogP contribution in [-0.4, -0.2) is 33.7 Å². The van der Waals surface area contributed by atoms with Gasteiger partial charge in [0.1, 0.15) is 0 Å². The van der Waals surface area contributed by atoms with E-state index in [-0.39, 0.29) is 22.9 Å². The number of pyridine rings is 2. The van der Waals surface area contributed by atoms with Crippen LogP contribution in [0.2, 0.25) is 0 Å². The fraction of sp³-hybridized carbons (Fsp3) is 0.435. The minimum atomic E-state index is -0.0951. The minimum Gasteiger partial charge on any atom is -0.356 e. The second kappa shape index (κ2) is 16.9. The fourth-order valence-electron chi connectivity index (χ4n) is 8.60. The van der Waals surface area contributed by atoms with E-state index in [9.17, 15) is 19.2 Å². The predicted molar refractivity (Wildman–Crippen MR) is 236 cm³/mol. The van der Waals surface area contributed by atoms with Gasteiger partial charge < -0.3 is 10.6 Å². The van der Waals surface area contributed by atoms with Crippen LogP contribution in [-0.2, 0) is 22.4 Å². The van der Waals surface area contributed by atoms with Crippen LogP contribution >= 0.6 is 22.7 Å². The van der Waals surface area contributed by atoms with Crippen molar-refractivity contribution in [3.8, 4) is 0 Å². The number of amides is 2. The number of aromatic nitrogens is 2. The molecule has 0 spiro atoms. The van der Waals surface area contributed by atoms with Crippen LogP contribution < -0.4 is 21.8 Å². The van der Waals surface area contributed by atoms with Crippen LogP contribution in [0, 0.1) is 0 Å². The predicted octanol–water partition coefficient (Wildman–Crippen LogP) is 10.5. The van der Waals surface area contributed by atoms with E-state index in [1.165, 1.54) is 51.4 Å². The Kier molecular flexibility index (Phi) is 11.6. The molecule has 0 fully saturated rings. The van der Waals surface area contributed by atoms with Gasteiger partial charge in [-0.25, -0.2) is 0 Å². The van der Waals surface area contributed by atoms with Gasteiger partial charge >= 0.3 is 0 Å². The molecule has 8 aromatic rings. The molecule has 6 aromatic heterocycles. The average Bonchev–Trinajstić information content (AvgIpc) is 3.96. The van der Waals surface area contributed by atoms with E-state index in [0.29, 0.717) is 36.5 Å². The first-order valence-corrected chi connectivity index (χ1v) is 22.5. The molecule has 0 aliphatic carbocycles. The van der Waals surface area contributed by atoms with E-state index >= 15 is 0 Å². The maximum Gasteiger partial charge on any atom is 0.263 e. The van der Waals surface area contributed by atoms with Gasteiger partial charge in [0, 0.05) is 68.0 Å². The van der Waals surface area contributed by atoms with Crippen molar-refractivity contribution in [2.24, 2.45) is 0 Å². The van der Waals surface area contributed by atoms with Crippen molar-refractivity contribution < 1.29 is 9.59 Å². The Labute approximate surface area is 334 Å². The van der Waals surface area contributed by atoms with E-state index in [1.54, 1.807) is 22.7 Å². The molecule has 0 unspecified atom stereocenters. The van der Waals surface area contributed by atoms with Crippen LogP contribution in [0.5, 0.6) is 0 Å². The largest absolute Gasteiger partial charge is 0.356 e. The summed E-state index contributed by atoms with van der Waals surface area (Å²) in [5.41, 5.74) is 3.22. The number of rotatable bonds is 20. The monoisotopic (exact) mass is 788 g/mol. The highest BCUT2D eigenvalue weighted by molar-refractivity contribution is 7.19. The Morgan fingerprint density at radius 1 is 0.518 bits per heavy atom. The number of aryl methyl sites for hydroxylation is 2. The van der Waals surface area contributed by atoms with Crippen molar-refractivity contribution >= 4 is 98.3 Å². The average molecular weight is 789 g/mol. The number of carbonyl (C=O) groups is 2. The number of unbranched alkanes of at least 4 members (excludes halogenated alkanes) is 10. The molecule has 8 nitrogen and oxygen atoms in total. The Morgan fingerprint density at radius 3 is 1.34 bits per heavy atom. The standard InChI is InChI=1S/C46H52N4O4S2/c1-3-5-7-9-11-13-23-47-41(51)21-15-29-25-37-39(55-29)27-35-31-17-20-34-44-32(18-19-33(43(31)44)45(53)49(35)37)36-28-40-38(50(36)46(34)54)26-30(56-40)16-22-42(52)48-24-14-12-10-8-6-4-2/h17-20,25-28H,3-16,21-24H2,1-2H3,(H,47,51)(H,48,52). The molecule has 0 aliphatic rings. The van der Waals surface area contributed by atoms with Gasteiger partial charge in [-0.15, -0.1) is 22.7 Å². The van der Waals surface area contributed by atoms with E-state index < -0.39 is 0 Å². The summed E-state index contributed by atoms with van der Waals surface area (Å²) in [4.78, 5) is 55.9. The summed E-state index contributed by atoms with van der Waals surface area (Å²) in [5, 5.41) is 10.9. The van der Waals surface area contributed by atoms with Crippen molar-refractivity contribution in [2.75, 3.05) is 13.1 Å². The topological polar surface area (TPSA) is 101 Å². The molecule has 10 heteroatoms. The lowest BCUT2D eigenvalue weighted by atomic mass is 9.95. The van der Waals surface area contributed by atoms with E-state index in [0.717, 1.165) is 102 Å². The quantitative estimate of drug-likeness (QED) is 0.0593. The Bertz CT molecular complexity index is 2600. The van der Waals surface area contributed by atoms with Gasteiger partial charge in [0.25, 0.3) is 11.1 Å². The zero-order valence-corrected chi connectivity index (χ0v) is 34.3. The van der Waals surface area contributed by atoms with Crippen molar-refractivity contribution in [1.82, 2.24) is 19.4 Å². The number of fused-ring (bicyclic) bond motifs is 8. The number of nitrogens with one attached hydrogen (secondary N) is 2. The maximum atomic E-state index is 14.3. The SMILES string of the molecule is CCCCCCCCNC(=O)CCc1cc2c(cc3c4ccc5c(=O)n6c7cc(CCC(=O)NCCCCCCCC)sc7cc6c6ccc(c(=O)n23)c4c56)s1. The number of carbonyl (C=O) groups excluding carboxylic acids is 2. The van der Waals surface area contributed by atoms with Crippen molar-refractivity contribution in [3.05, 3.63) is 79.0 Å². The van der Waals surface area contributed by atoms with Gasteiger partial charge in [0.15, 0.2) is 0 Å². The fourth-order valence-corrected chi connectivity index (χ4v) is 10.8. The van der Waals surface area contributed by atoms with Gasteiger partial charge in [-0.2, -0.15) is 0 Å². The molecule has 0 saturated heterocycles. The van der Waals surface area contributed by atoms with Crippen molar-refractivity contribution in [2.45, 2.75) is 117 Å². The molecule has 0 atom stereocenters. The highest BCUT2D eigenvalue weighted by Crippen LogP contribution is 2.40. The Hall–Kier alpha value is -4.54. The molecular weight excluding hydrogens is 737 g/mol. The number of hydrogen-bond acceptors (Lipinski definition) is 6. The summed E-state index contributed by atoms with van der Waals surface area (Å²) in [6, 6.07) is 16.1. The normalized spacial score (nSPS) is 12.2. The maximum absolute atomic E-state index is 14.3. The lowest BCUT2D eigenvalue weighted by Crippen LogP contribution is -2.24. The van der Waals surface area contributed by atoms with E-state index in [4.69, 9.17) is 0 Å². The molecule has 292 valence electrons. The molecule has 0 saturated carbocycles. The summed E-state index contributed by atoms with van der Waals surface area (Å²) in [6.07, 6.45) is 16.5. The first kappa shape index (κ1) is 38.3. The van der Waals surface area contributed by atoms with Crippen LogP contribution in [0.1, 0.15) is 113 Å². The van der Waals surface area contributed by atoms with Crippen LogP contribution in [0.4, 0.5) is 0 Å². The molecule has 2 N–H and O–H groups in total. The molecule has 0 aliphatic heterocycles. The lowest BCUT2D eigenvalue weighted by Gasteiger charge is -2.13. The summed E-state index contributed by atoms with van der Waals surface area (Å²) in [7, 11) is 0. The molecular formula is C46H52N4O4S2. The third-order valence-corrected chi connectivity index (χ3v) is 13.8. The van der Waals surface area contributed by atoms with Gasteiger partial charge in [-0.1, -0.05) is 90.2 Å². The van der Waals surface area contributed by atoms with Crippen molar-refractivity contribution in [1.29, 1.82) is 0 Å². The van der Waals surface area contributed by atoms with Gasteiger partial charge in [-0.05, 0) is 62.1 Å².